The minimum absolute atomic E-state index is 0.00648. The Morgan fingerprint density at radius 3 is 1.14 bits per heavy atom. The van der Waals surface area contributed by atoms with Gasteiger partial charge in [-0.2, -0.15) is 0 Å². The van der Waals surface area contributed by atoms with Gasteiger partial charge >= 0.3 is 0 Å². The third-order valence-corrected chi connectivity index (χ3v) is 4.53. The maximum atomic E-state index is 10.0. The van der Waals surface area contributed by atoms with E-state index in [1.165, 1.54) is 18.2 Å². The van der Waals surface area contributed by atoms with Gasteiger partial charge in [-0.3, -0.25) is 0 Å². The Labute approximate surface area is 162 Å². The summed E-state index contributed by atoms with van der Waals surface area (Å²) >= 11 is 0. The quantitative estimate of drug-likeness (QED) is 0.363. The van der Waals surface area contributed by atoms with Gasteiger partial charge in [0.25, 0.3) is 0 Å². The molecule has 0 bridgehead atoms. The molecule has 28 heavy (non-hydrogen) atoms. The molecular weight excluding hydrogens is 360 g/mol. The van der Waals surface area contributed by atoms with Crippen LogP contribution < -0.4 is 0 Å². The van der Waals surface area contributed by atoms with Gasteiger partial charge in [0.15, 0.2) is 17.2 Å². The van der Waals surface area contributed by atoms with Crippen molar-refractivity contribution in [3.8, 4) is 34.5 Å². The summed E-state index contributed by atoms with van der Waals surface area (Å²) < 4.78 is 0. The zero-order chi connectivity index (χ0) is 20.3. The van der Waals surface area contributed by atoms with E-state index in [1.807, 2.05) is 6.07 Å². The first-order chi connectivity index (χ1) is 13.3. The number of aryl methyl sites for hydroxylation is 4. The molecule has 0 saturated carbocycles. The molecule has 0 aliphatic rings. The molecule has 6 N–H and O–H groups in total. The minimum atomic E-state index is -0.540. The topological polar surface area (TPSA) is 121 Å². The van der Waals surface area contributed by atoms with E-state index in [2.05, 4.69) is 0 Å². The summed E-state index contributed by atoms with van der Waals surface area (Å²) in [7, 11) is 0. The van der Waals surface area contributed by atoms with Gasteiger partial charge in [0.2, 0.25) is 0 Å². The van der Waals surface area contributed by atoms with Crippen LogP contribution in [0.2, 0.25) is 0 Å². The van der Waals surface area contributed by atoms with Crippen molar-refractivity contribution in [1.29, 1.82) is 0 Å². The van der Waals surface area contributed by atoms with Crippen LogP contribution in [0.1, 0.15) is 22.3 Å². The van der Waals surface area contributed by atoms with E-state index in [0.717, 1.165) is 16.7 Å². The molecule has 0 aromatic heterocycles. The second-order valence-corrected chi connectivity index (χ2v) is 6.85. The van der Waals surface area contributed by atoms with Crippen molar-refractivity contribution in [2.75, 3.05) is 0 Å². The first-order valence-corrected chi connectivity index (χ1v) is 8.87. The first kappa shape index (κ1) is 19.2. The largest absolute Gasteiger partial charge is 0.508 e. The Morgan fingerprint density at radius 1 is 0.393 bits per heavy atom. The van der Waals surface area contributed by atoms with Crippen LogP contribution in [0.5, 0.6) is 34.5 Å². The molecule has 0 unspecified atom stereocenters. The second kappa shape index (κ2) is 8.00. The number of rotatable bonds is 6. The number of benzene rings is 3. The molecule has 0 heterocycles. The first-order valence-electron chi connectivity index (χ1n) is 8.87. The van der Waals surface area contributed by atoms with E-state index in [4.69, 9.17) is 0 Å². The van der Waals surface area contributed by atoms with E-state index in [0.29, 0.717) is 31.2 Å². The average Bonchev–Trinajstić information content (AvgIpc) is 2.61. The Balaban J connectivity index is 1.69. The molecule has 0 radical (unpaired) electrons. The molecule has 3 aromatic carbocycles. The molecule has 6 nitrogen and oxygen atoms in total. The average molecular weight is 382 g/mol. The summed E-state index contributed by atoms with van der Waals surface area (Å²) in [6.07, 6.45) is 2.28. The van der Waals surface area contributed by atoms with Gasteiger partial charge in [0.05, 0.1) is 0 Å². The standard InChI is InChI=1S/C22H22O6/c23-17-6-13(1-3-15-8-18(24)12-19(25)9-15)5-14(7-17)2-4-16-10-20(26)22(28)21(27)11-16/h5-12,23-28H,1-4H2. The van der Waals surface area contributed by atoms with Crippen molar-refractivity contribution in [1.82, 2.24) is 0 Å². The van der Waals surface area contributed by atoms with Gasteiger partial charge in [-0.1, -0.05) is 6.07 Å². The highest BCUT2D eigenvalue weighted by atomic mass is 16.3. The predicted molar refractivity (Wildman–Crippen MR) is 104 cm³/mol. The summed E-state index contributed by atoms with van der Waals surface area (Å²) in [5.41, 5.74) is 3.25. The molecule has 0 aliphatic carbocycles. The van der Waals surface area contributed by atoms with Crippen LogP contribution in [0, 0.1) is 0 Å². The van der Waals surface area contributed by atoms with Crippen LogP contribution in [-0.2, 0) is 25.7 Å². The number of aromatic hydroxyl groups is 6. The van der Waals surface area contributed by atoms with Crippen molar-refractivity contribution >= 4 is 0 Å². The molecule has 0 saturated heterocycles. The molecule has 6 heteroatoms. The maximum absolute atomic E-state index is 10.0. The molecule has 0 aliphatic heterocycles. The summed E-state index contributed by atoms with van der Waals surface area (Å²) in [5.74, 6) is -1.13. The zero-order valence-corrected chi connectivity index (χ0v) is 15.1. The summed E-state index contributed by atoms with van der Waals surface area (Å²) in [5, 5.41) is 57.7. The van der Waals surface area contributed by atoms with Crippen LogP contribution in [0.3, 0.4) is 0 Å². The van der Waals surface area contributed by atoms with Crippen molar-refractivity contribution in [2.45, 2.75) is 25.7 Å². The fourth-order valence-electron chi connectivity index (χ4n) is 3.21. The molecule has 0 amide bonds. The Morgan fingerprint density at radius 2 is 0.714 bits per heavy atom. The fraction of sp³-hybridized carbons (Fsp3) is 0.182. The van der Waals surface area contributed by atoms with Crippen LogP contribution in [0.25, 0.3) is 0 Å². The molecule has 3 rings (SSSR count). The van der Waals surface area contributed by atoms with Gasteiger partial charge in [-0.15, -0.1) is 0 Å². The zero-order valence-electron chi connectivity index (χ0n) is 15.1. The molecule has 0 fully saturated rings. The van der Waals surface area contributed by atoms with Crippen molar-refractivity contribution in [2.24, 2.45) is 0 Å². The molecule has 3 aromatic rings. The summed E-state index contributed by atoms with van der Waals surface area (Å²) in [4.78, 5) is 0. The van der Waals surface area contributed by atoms with E-state index in [1.54, 1.807) is 24.3 Å². The van der Waals surface area contributed by atoms with Gasteiger partial charge in [0, 0.05) is 6.07 Å². The van der Waals surface area contributed by atoms with Crippen molar-refractivity contribution in [3.05, 3.63) is 70.8 Å². The van der Waals surface area contributed by atoms with Crippen LogP contribution in [0.15, 0.2) is 48.5 Å². The van der Waals surface area contributed by atoms with E-state index < -0.39 is 5.75 Å². The van der Waals surface area contributed by atoms with Gasteiger partial charge in [0.1, 0.15) is 17.2 Å². The lowest BCUT2D eigenvalue weighted by Crippen LogP contribution is -1.96. The smallest absolute Gasteiger partial charge is 0.200 e. The Bertz CT molecular complexity index is 953. The molecule has 0 spiro atoms. The number of phenols is 6. The highest BCUT2D eigenvalue weighted by Crippen LogP contribution is 2.35. The fourth-order valence-corrected chi connectivity index (χ4v) is 3.21. The summed E-state index contributed by atoms with van der Waals surface area (Å²) in [6.45, 7) is 0. The van der Waals surface area contributed by atoms with Gasteiger partial charge < -0.3 is 30.6 Å². The van der Waals surface area contributed by atoms with Crippen LogP contribution in [-0.4, -0.2) is 30.6 Å². The minimum Gasteiger partial charge on any atom is -0.508 e. The highest BCUT2D eigenvalue weighted by Gasteiger charge is 2.09. The molecule has 146 valence electrons. The number of hydrogen-bond donors (Lipinski definition) is 6. The SMILES string of the molecule is Oc1cc(O)cc(CCc2cc(O)cc(CCc3cc(O)c(O)c(O)c3)c2)c1. The molecular formula is C22H22O6. The van der Waals surface area contributed by atoms with Gasteiger partial charge in [-0.25, -0.2) is 0 Å². The van der Waals surface area contributed by atoms with E-state index in [9.17, 15) is 30.6 Å². The molecule has 0 atom stereocenters. The second-order valence-electron chi connectivity index (χ2n) is 6.85. The van der Waals surface area contributed by atoms with Crippen molar-refractivity contribution < 1.29 is 30.6 Å². The Hall–Kier alpha value is -3.54. The normalized spacial score (nSPS) is 10.9. The maximum Gasteiger partial charge on any atom is 0.200 e. The lowest BCUT2D eigenvalue weighted by atomic mass is 9.98. The number of phenolic OH excluding ortho intramolecular Hbond substituents is 6. The lowest BCUT2D eigenvalue weighted by molar-refractivity contribution is 0.367. The van der Waals surface area contributed by atoms with Gasteiger partial charge in [-0.05, 0) is 84.3 Å². The monoisotopic (exact) mass is 382 g/mol. The van der Waals surface area contributed by atoms with E-state index >= 15 is 0 Å². The van der Waals surface area contributed by atoms with Crippen molar-refractivity contribution in [3.63, 3.8) is 0 Å². The third kappa shape index (κ3) is 4.79. The number of hydrogen-bond acceptors (Lipinski definition) is 6. The predicted octanol–water partition coefficient (Wildman–Crippen LogP) is 3.49. The third-order valence-electron chi connectivity index (χ3n) is 4.53. The van der Waals surface area contributed by atoms with E-state index in [-0.39, 0.29) is 28.7 Å². The highest BCUT2D eigenvalue weighted by molar-refractivity contribution is 5.51. The Kier molecular flexibility index (Phi) is 5.49. The lowest BCUT2D eigenvalue weighted by Gasteiger charge is -2.09. The van der Waals surface area contributed by atoms with Crippen LogP contribution >= 0.6 is 0 Å². The summed E-state index contributed by atoms with van der Waals surface area (Å²) in [6, 6.07) is 12.5. The van der Waals surface area contributed by atoms with Crippen LogP contribution in [0.4, 0.5) is 0 Å².